The van der Waals surface area contributed by atoms with Crippen LogP contribution in [0.5, 0.6) is 5.75 Å². The van der Waals surface area contributed by atoms with Crippen molar-refractivity contribution in [3.05, 3.63) is 35.4 Å². The first-order chi connectivity index (χ1) is 9.26. The van der Waals surface area contributed by atoms with E-state index in [0.717, 1.165) is 11.1 Å². The molecule has 20 heavy (non-hydrogen) atoms. The lowest BCUT2D eigenvalue weighted by Crippen LogP contribution is -2.32. The number of alkyl carbamates (subject to hydrolysis) is 1. The van der Waals surface area contributed by atoms with Crippen molar-refractivity contribution in [2.45, 2.75) is 39.7 Å². The Morgan fingerprint density at radius 1 is 1.35 bits per heavy atom. The number of hydrogen-bond acceptors (Lipinski definition) is 3. The van der Waals surface area contributed by atoms with E-state index in [0.29, 0.717) is 13.0 Å². The van der Waals surface area contributed by atoms with Gasteiger partial charge in [-0.1, -0.05) is 18.2 Å². The van der Waals surface area contributed by atoms with E-state index in [4.69, 9.17) is 4.74 Å². The van der Waals surface area contributed by atoms with Gasteiger partial charge in [-0.25, -0.2) is 4.79 Å². The van der Waals surface area contributed by atoms with Gasteiger partial charge in [0.05, 0.1) is 0 Å². The molecule has 4 nitrogen and oxygen atoms in total. The highest BCUT2D eigenvalue weighted by Crippen LogP contribution is 2.16. The number of carbonyl (C=O) groups is 1. The van der Waals surface area contributed by atoms with Crippen molar-refractivity contribution >= 4 is 12.2 Å². The molecule has 4 heteroatoms. The Morgan fingerprint density at radius 3 is 2.65 bits per heavy atom. The van der Waals surface area contributed by atoms with E-state index in [1.54, 1.807) is 12.1 Å². The minimum atomic E-state index is -0.473. The summed E-state index contributed by atoms with van der Waals surface area (Å²) >= 11 is 0. The molecule has 0 saturated carbocycles. The number of amides is 1. The predicted octanol–water partition coefficient (Wildman–Crippen LogP) is 3.63. The number of nitrogens with one attached hydrogen (secondary N) is 1. The summed E-state index contributed by atoms with van der Waals surface area (Å²) in [6.07, 6.45) is 4.17. The van der Waals surface area contributed by atoms with Crippen LogP contribution in [0.15, 0.2) is 24.3 Å². The van der Waals surface area contributed by atoms with Gasteiger partial charge in [-0.05, 0) is 57.4 Å². The molecule has 1 aromatic carbocycles. The number of ether oxygens (including phenoxy) is 1. The Kier molecular flexibility index (Phi) is 5.62. The number of phenols is 1. The molecule has 0 fully saturated rings. The van der Waals surface area contributed by atoms with Crippen LogP contribution in [0, 0.1) is 6.92 Å². The lowest BCUT2D eigenvalue weighted by molar-refractivity contribution is 0.0529. The maximum absolute atomic E-state index is 11.4. The fourth-order valence-electron chi connectivity index (χ4n) is 1.68. The molecule has 0 spiro atoms. The average Bonchev–Trinajstić information content (AvgIpc) is 2.24. The summed E-state index contributed by atoms with van der Waals surface area (Å²) in [5.74, 6) is 0.261. The summed E-state index contributed by atoms with van der Waals surface area (Å²) in [5.41, 5.74) is 1.48. The van der Waals surface area contributed by atoms with E-state index < -0.39 is 11.7 Å². The largest absolute Gasteiger partial charge is 0.508 e. The first kappa shape index (κ1) is 16.1. The molecule has 0 radical (unpaired) electrons. The van der Waals surface area contributed by atoms with Crippen molar-refractivity contribution in [1.29, 1.82) is 0 Å². The average molecular weight is 277 g/mol. The smallest absolute Gasteiger partial charge is 0.407 e. The quantitative estimate of drug-likeness (QED) is 0.826. The Hall–Kier alpha value is -1.97. The molecule has 0 unspecified atom stereocenters. The zero-order valence-electron chi connectivity index (χ0n) is 12.6. The second-order valence-corrected chi connectivity index (χ2v) is 5.72. The monoisotopic (exact) mass is 277 g/mol. The van der Waals surface area contributed by atoms with Crippen molar-refractivity contribution in [3.8, 4) is 5.75 Å². The summed E-state index contributed by atoms with van der Waals surface area (Å²) in [5, 5.41) is 12.2. The van der Waals surface area contributed by atoms with Crippen molar-refractivity contribution < 1.29 is 14.6 Å². The summed E-state index contributed by atoms with van der Waals surface area (Å²) in [6.45, 7) is 7.94. The van der Waals surface area contributed by atoms with Gasteiger partial charge in [-0.3, -0.25) is 0 Å². The van der Waals surface area contributed by atoms with Crippen molar-refractivity contribution in [2.75, 3.05) is 6.54 Å². The molecular weight excluding hydrogens is 254 g/mol. The van der Waals surface area contributed by atoms with Crippen LogP contribution < -0.4 is 5.32 Å². The summed E-state index contributed by atoms with van der Waals surface area (Å²) in [7, 11) is 0. The van der Waals surface area contributed by atoms with Crippen molar-refractivity contribution in [3.63, 3.8) is 0 Å². The summed E-state index contributed by atoms with van der Waals surface area (Å²) in [6, 6.07) is 5.39. The van der Waals surface area contributed by atoms with Gasteiger partial charge >= 0.3 is 6.09 Å². The molecule has 0 aliphatic carbocycles. The molecule has 2 N–H and O–H groups in total. The Balaban J connectivity index is 2.34. The lowest BCUT2D eigenvalue weighted by atomic mass is 10.1. The highest BCUT2D eigenvalue weighted by atomic mass is 16.6. The number of rotatable bonds is 4. The van der Waals surface area contributed by atoms with E-state index in [1.165, 1.54) is 0 Å². The first-order valence-corrected chi connectivity index (χ1v) is 6.70. The Bertz CT molecular complexity index is 467. The number of aromatic hydroxyl groups is 1. The minimum absolute atomic E-state index is 0.261. The molecule has 0 atom stereocenters. The molecule has 0 heterocycles. The molecule has 0 aromatic heterocycles. The van der Waals surface area contributed by atoms with E-state index >= 15 is 0 Å². The Labute approximate surface area is 120 Å². The molecule has 0 aliphatic heterocycles. The second kappa shape index (κ2) is 6.98. The zero-order valence-corrected chi connectivity index (χ0v) is 12.6. The lowest BCUT2D eigenvalue weighted by Gasteiger charge is -2.19. The van der Waals surface area contributed by atoms with Crippen LogP contribution >= 0.6 is 0 Å². The molecule has 1 rings (SSSR count). The third kappa shape index (κ3) is 6.83. The summed E-state index contributed by atoms with van der Waals surface area (Å²) in [4.78, 5) is 11.4. The summed E-state index contributed by atoms with van der Waals surface area (Å²) < 4.78 is 5.13. The molecule has 1 aromatic rings. The maximum atomic E-state index is 11.4. The number of hydrogen-bond donors (Lipinski definition) is 2. The van der Waals surface area contributed by atoms with Crippen LogP contribution in [0.4, 0.5) is 4.79 Å². The maximum Gasteiger partial charge on any atom is 0.407 e. The zero-order chi connectivity index (χ0) is 15.2. The fourth-order valence-corrected chi connectivity index (χ4v) is 1.68. The van der Waals surface area contributed by atoms with E-state index in [9.17, 15) is 9.90 Å². The Morgan fingerprint density at radius 2 is 2.05 bits per heavy atom. The van der Waals surface area contributed by atoms with Gasteiger partial charge in [0, 0.05) is 6.54 Å². The van der Waals surface area contributed by atoms with Crippen LogP contribution in [-0.4, -0.2) is 23.3 Å². The molecular formula is C16H23NO3. The molecule has 0 bridgehead atoms. The topological polar surface area (TPSA) is 58.6 Å². The standard InChI is InChI=1S/C16H23NO3/c1-12-9-13(11-14(18)10-12)7-5-6-8-17-15(19)20-16(2,3)4/h5,7,9-11,18H,6,8H2,1-4H3,(H,17,19). The molecule has 1 amide bonds. The van der Waals surface area contributed by atoms with Crippen LogP contribution in [0.3, 0.4) is 0 Å². The SMILES string of the molecule is Cc1cc(O)cc(C=CCCNC(=O)OC(C)(C)C)c1. The van der Waals surface area contributed by atoms with Crippen molar-refractivity contribution in [1.82, 2.24) is 5.32 Å². The highest BCUT2D eigenvalue weighted by Gasteiger charge is 2.15. The van der Waals surface area contributed by atoms with Gasteiger partial charge in [0.1, 0.15) is 11.4 Å². The third-order valence-corrected chi connectivity index (χ3v) is 2.37. The molecule has 0 saturated heterocycles. The van der Waals surface area contributed by atoms with Crippen molar-refractivity contribution in [2.24, 2.45) is 0 Å². The van der Waals surface area contributed by atoms with Crippen LogP contribution in [0.2, 0.25) is 0 Å². The van der Waals surface area contributed by atoms with Gasteiger partial charge in [0.15, 0.2) is 0 Å². The van der Waals surface area contributed by atoms with Gasteiger partial charge in [-0.2, -0.15) is 0 Å². The predicted molar refractivity (Wildman–Crippen MR) is 80.7 cm³/mol. The number of benzene rings is 1. The number of phenolic OH excluding ortho intramolecular Hbond substituents is 1. The van der Waals surface area contributed by atoms with Gasteiger partial charge in [-0.15, -0.1) is 0 Å². The van der Waals surface area contributed by atoms with Gasteiger partial charge in [0.25, 0.3) is 0 Å². The normalized spacial score (nSPS) is 11.6. The number of aryl methyl sites for hydroxylation is 1. The number of carbonyl (C=O) groups excluding carboxylic acids is 1. The molecule has 110 valence electrons. The molecule has 0 aliphatic rings. The minimum Gasteiger partial charge on any atom is -0.508 e. The second-order valence-electron chi connectivity index (χ2n) is 5.72. The van der Waals surface area contributed by atoms with Gasteiger partial charge < -0.3 is 15.2 Å². The van der Waals surface area contributed by atoms with Gasteiger partial charge in [0.2, 0.25) is 0 Å². The van der Waals surface area contributed by atoms with E-state index in [-0.39, 0.29) is 5.75 Å². The third-order valence-electron chi connectivity index (χ3n) is 2.37. The van der Waals surface area contributed by atoms with E-state index in [2.05, 4.69) is 5.32 Å². The highest BCUT2D eigenvalue weighted by molar-refractivity contribution is 5.67. The van der Waals surface area contributed by atoms with Crippen LogP contribution in [-0.2, 0) is 4.74 Å². The van der Waals surface area contributed by atoms with Crippen LogP contribution in [0.25, 0.3) is 6.08 Å². The fraction of sp³-hybridized carbons (Fsp3) is 0.438. The van der Waals surface area contributed by atoms with Crippen LogP contribution in [0.1, 0.15) is 38.3 Å². The van der Waals surface area contributed by atoms with E-state index in [1.807, 2.05) is 45.9 Å². The first-order valence-electron chi connectivity index (χ1n) is 6.70.